The van der Waals surface area contributed by atoms with Gasteiger partial charge in [-0.3, -0.25) is 4.79 Å². The lowest BCUT2D eigenvalue weighted by Gasteiger charge is -2.07. The third-order valence-corrected chi connectivity index (χ3v) is 2.85. The lowest BCUT2D eigenvalue weighted by Crippen LogP contribution is -2.13. The molecule has 1 heterocycles. The van der Waals surface area contributed by atoms with Crippen LogP contribution in [0.25, 0.3) is 11.3 Å². The van der Waals surface area contributed by atoms with Gasteiger partial charge in [0.1, 0.15) is 5.02 Å². The first kappa shape index (κ1) is 11.7. The van der Waals surface area contributed by atoms with Gasteiger partial charge in [-0.1, -0.05) is 41.4 Å². The lowest BCUT2D eigenvalue weighted by atomic mass is 10.1. The zero-order valence-electron chi connectivity index (χ0n) is 9.05. The van der Waals surface area contributed by atoms with E-state index in [-0.39, 0.29) is 16.4 Å². The number of nitrogen functional groups attached to an aromatic ring is 1. The van der Waals surface area contributed by atoms with E-state index in [0.717, 1.165) is 5.56 Å². The smallest absolute Gasteiger partial charge is 0.269 e. The standard InChI is InChI=1S/C12H10ClFN2O/c1-6-2-4-7(5-3-6)11-9(14)10(15)8(13)12(17)16-11/h2-5H,1H3,(H3,15,16,17). The van der Waals surface area contributed by atoms with Crippen LogP contribution in [0.1, 0.15) is 5.56 Å². The molecule has 0 aliphatic heterocycles. The van der Waals surface area contributed by atoms with Gasteiger partial charge in [-0.05, 0) is 6.92 Å². The summed E-state index contributed by atoms with van der Waals surface area (Å²) in [4.78, 5) is 13.8. The van der Waals surface area contributed by atoms with Crippen molar-refractivity contribution in [3.05, 3.63) is 51.0 Å². The number of aryl methyl sites for hydroxylation is 1. The van der Waals surface area contributed by atoms with Crippen LogP contribution in [0.3, 0.4) is 0 Å². The fourth-order valence-corrected chi connectivity index (χ4v) is 1.63. The first-order valence-corrected chi connectivity index (χ1v) is 5.32. The van der Waals surface area contributed by atoms with E-state index in [1.165, 1.54) is 0 Å². The number of nitrogens with two attached hydrogens (primary N) is 1. The van der Waals surface area contributed by atoms with Crippen molar-refractivity contribution in [2.45, 2.75) is 6.92 Å². The fraction of sp³-hybridized carbons (Fsp3) is 0.0833. The second-order valence-electron chi connectivity index (χ2n) is 3.74. The number of anilines is 1. The Morgan fingerprint density at radius 3 is 2.47 bits per heavy atom. The molecule has 3 N–H and O–H groups in total. The highest BCUT2D eigenvalue weighted by molar-refractivity contribution is 6.32. The highest BCUT2D eigenvalue weighted by Crippen LogP contribution is 2.26. The Morgan fingerprint density at radius 2 is 1.88 bits per heavy atom. The topological polar surface area (TPSA) is 58.9 Å². The summed E-state index contributed by atoms with van der Waals surface area (Å²) in [5.74, 6) is -0.710. The minimum absolute atomic E-state index is 0.0527. The molecular weight excluding hydrogens is 243 g/mol. The highest BCUT2D eigenvalue weighted by atomic mass is 35.5. The van der Waals surface area contributed by atoms with E-state index in [2.05, 4.69) is 4.98 Å². The van der Waals surface area contributed by atoms with Crippen LogP contribution >= 0.6 is 11.6 Å². The molecule has 0 atom stereocenters. The molecule has 88 valence electrons. The van der Waals surface area contributed by atoms with Gasteiger partial charge in [0.2, 0.25) is 0 Å². The van der Waals surface area contributed by atoms with Crippen LogP contribution in [0.2, 0.25) is 5.02 Å². The summed E-state index contributed by atoms with van der Waals surface area (Å²) in [5, 5.41) is -0.321. The quantitative estimate of drug-likeness (QED) is 0.820. The minimum Gasteiger partial charge on any atom is -0.395 e. The average molecular weight is 253 g/mol. The molecule has 1 aromatic carbocycles. The van der Waals surface area contributed by atoms with Crippen LogP contribution in [-0.2, 0) is 0 Å². The van der Waals surface area contributed by atoms with Crippen molar-refractivity contribution in [1.82, 2.24) is 4.98 Å². The van der Waals surface area contributed by atoms with Gasteiger partial charge in [0, 0.05) is 5.56 Å². The van der Waals surface area contributed by atoms with Crippen LogP contribution in [0.4, 0.5) is 10.1 Å². The summed E-state index contributed by atoms with van der Waals surface area (Å²) in [6.07, 6.45) is 0. The number of benzene rings is 1. The number of hydrogen-bond acceptors (Lipinski definition) is 2. The van der Waals surface area contributed by atoms with Gasteiger partial charge in [-0.25, -0.2) is 4.39 Å². The largest absolute Gasteiger partial charge is 0.395 e. The molecule has 0 saturated heterocycles. The molecule has 3 nitrogen and oxygen atoms in total. The second kappa shape index (κ2) is 4.22. The molecule has 0 aliphatic carbocycles. The van der Waals surface area contributed by atoms with Crippen molar-refractivity contribution in [2.75, 3.05) is 5.73 Å². The van der Waals surface area contributed by atoms with Crippen molar-refractivity contribution in [2.24, 2.45) is 0 Å². The molecule has 0 saturated carbocycles. The predicted octanol–water partition coefficient (Wildman–Crippen LogP) is 2.73. The molecule has 0 bridgehead atoms. The third-order valence-electron chi connectivity index (χ3n) is 2.47. The van der Waals surface area contributed by atoms with E-state index < -0.39 is 11.4 Å². The lowest BCUT2D eigenvalue weighted by molar-refractivity contribution is 0.629. The van der Waals surface area contributed by atoms with Gasteiger partial charge in [0.05, 0.1) is 11.4 Å². The van der Waals surface area contributed by atoms with E-state index in [4.69, 9.17) is 17.3 Å². The van der Waals surface area contributed by atoms with Crippen molar-refractivity contribution >= 4 is 17.3 Å². The zero-order chi connectivity index (χ0) is 12.6. The molecule has 0 amide bonds. The van der Waals surface area contributed by atoms with Crippen LogP contribution in [-0.4, -0.2) is 4.98 Å². The van der Waals surface area contributed by atoms with Crippen LogP contribution in [0.5, 0.6) is 0 Å². The number of rotatable bonds is 1. The molecule has 2 aromatic rings. The second-order valence-corrected chi connectivity index (χ2v) is 4.11. The average Bonchev–Trinajstić information content (AvgIpc) is 2.32. The maximum atomic E-state index is 13.8. The molecule has 0 aliphatic rings. The van der Waals surface area contributed by atoms with Gasteiger partial charge in [-0.2, -0.15) is 0 Å². The van der Waals surface area contributed by atoms with E-state index >= 15 is 0 Å². The van der Waals surface area contributed by atoms with Gasteiger partial charge in [-0.15, -0.1) is 0 Å². The monoisotopic (exact) mass is 252 g/mol. The summed E-state index contributed by atoms with van der Waals surface area (Å²) in [6.45, 7) is 1.92. The van der Waals surface area contributed by atoms with Crippen molar-refractivity contribution < 1.29 is 4.39 Å². The molecule has 17 heavy (non-hydrogen) atoms. The highest BCUT2D eigenvalue weighted by Gasteiger charge is 2.14. The van der Waals surface area contributed by atoms with Crippen LogP contribution in [0, 0.1) is 12.7 Å². The van der Waals surface area contributed by atoms with Crippen molar-refractivity contribution in [3.63, 3.8) is 0 Å². The Bertz CT molecular complexity index is 620. The molecule has 5 heteroatoms. The summed E-state index contributed by atoms with van der Waals surface area (Å²) >= 11 is 5.56. The van der Waals surface area contributed by atoms with Gasteiger partial charge in [0.25, 0.3) is 5.56 Å². The predicted molar refractivity (Wildman–Crippen MR) is 66.6 cm³/mol. The first-order valence-electron chi connectivity index (χ1n) is 4.94. The third kappa shape index (κ3) is 2.03. The molecule has 1 aromatic heterocycles. The number of nitrogens with one attached hydrogen (secondary N) is 1. The number of halogens is 2. The van der Waals surface area contributed by atoms with Crippen molar-refractivity contribution in [3.8, 4) is 11.3 Å². The van der Waals surface area contributed by atoms with Crippen LogP contribution in [0.15, 0.2) is 29.1 Å². The molecule has 0 unspecified atom stereocenters. The summed E-state index contributed by atoms with van der Waals surface area (Å²) < 4.78 is 13.8. The number of aromatic amines is 1. The van der Waals surface area contributed by atoms with Gasteiger partial charge < -0.3 is 10.7 Å². The van der Waals surface area contributed by atoms with Crippen LogP contribution < -0.4 is 11.3 Å². The van der Waals surface area contributed by atoms with Gasteiger partial charge in [0.15, 0.2) is 5.82 Å². The van der Waals surface area contributed by atoms with Gasteiger partial charge >= 0.3 is 0 Å². The molecular formula is C12H10ClFN2O. The first-order chi connectivity index (χ1) is 8.00. The molecule has 2 rings (SSSR count). The summed E-state index contributed by atoms with van der Waals surface area (Å²) in [7, 11) is 0. The number of hydrogen-bond donors (Lipinski definition) is 2. The van der Waals surface area contributed by atoms with E-state index in [1.54, 1.807) is 12.1 Å². The maximum absolute atomic E-state index is 13.8. The molecule has 0 fully saturated rings. The Balaban J connectivity index is 2.68. The summed E-state index contributed by atoms with van der Waals surface area (Å²) in [6, 6.07) is 7.05. The van der Waals surface area contributed by atoms with Crippen molar-refractivity contribution in [1.29, 1.82) is 0 Å². The Morgan fingerprint density at radius 1 is 1.29 bits per heavy atom. The SMILES string of the molecule is Cc1ccc(-c2[nH]c(=O)c(Cl)c(N)c2F)cc1. The zero-order valence-corrected chi connectivity index (χ0v) is 9.81. The number of pyridine rings is 1. The number of H-pyrrole nitrogens is 1. The molecule has 0 spiro atoms. The summed E-state index contributed by atoms with van der Waals surface area (Å²) in [5.41, 5.74) is 6.14. The number of aromatic nitrogens is 1. The minimum atomic E-state index is -0.710. The van der Waals surface area contributed by atoms with E-state index in [9.17, 15) is 9.18 Å². The Kier molecular flexibility index (Phi) is 2.90. The van der Waals surface area contributed by atoms with E-state index in [0.29, 0.717) is 5.56 Å². The molecule has 0 radical (unpaired) electrons. The Labute approximate surface area is 102 Å². The van der Waals surface area contributed by atoms with E-state index in [1.807, 2.05) is 19.1 Å². The normalized spacial score (nSPS) is 10.5. The maximum Gasteiger partial charge on any atom is 0.269 e. The fourth-order valence-electron chi connectivity index (χ4n) is 1.50. The Hall–Kier alpha value is -1.81.